The molecule has 0 bridgehead atoms. The highest BCUT2D eigenvalue weighted by Crippen LogP contribution is 1.94. The predicted molar refractivity (Wildman–Crippen MR) is 33.8 cm³/mol. The molecule has 0 aromatic rings. The molecule has 5 nitrogen and oxygen atoms in total. The van der Waals surface area contributed by atoms with E-state index >= 15 is 0 Å². The first kappa shape index (κ1) is 9.57. The van der Waals surface area contributed by atoms with Crippen molar-refractivity contribution in [2.45, 2.75) is 5.44 Å². The van der Waals surface area contributed by atoms with Crippen LogP contribution in [0.1, 0.15) is 0 Å². The van der Waals surface area contributed by atoms with Gasteiger partial charge in [0, 0.05) is 0 Å². The minimum Gasteiger partial charge on any atom is -0.392 e. The van der Waals surface area contributed by atoms with Gasteiger partial charge < -0.3 is 10.2 Å². The average Bonchev–Trinajstić information content (AvgIpc) is 1.80. The van der Waals surface area contributed by atoms with E-state index in [2.05, 4.69) is 0 Å². The van der Waals surface area contributed by atoms with Crippen molar-refractivity contribution in [2.75, 3.05) is 6.61 Å². The van der Waals surface area contributed by atoms with Crippen molar-refractivity contribution in [3.63, 3.8) is 0 Å². The van der Waals surface area contributed by atoms with Crippen LogP contribution in [0.15, 0.2) is 12.2 Å². The Morgan fingerprint density at radius 1 is 1.50 bits per heavy atom. The van der Waals surface area contributed by atoms with Crippen LogP contribution in [0.4, 0.5) is 0 Å². The van der Waals surface area contributed by atoms with E-state index in [-0.39, 0.29) is 6.61 Å². The molecule has 0 amide bonds. The summed E-state index contributed by atoms with van der Waals surface area (Å²) in [6, 6.07) is 0. The van der Waals surface area contributed by atoms with Crippen LogP contribution in [-0.4, -0.2) is 35.2 Å². The Bertz CT molecular complexity index is 204. The molecule has 0 aromatic heterocycles. The smallest absolute Gasteiger partial charge is 0.295 e. The normalized spacial score (nSPS) is 15.9. The van der Waals surface area contributed by atoms with Crippen molar-refractivity contribution in [3.8, 4) is 0 Å². The van der Waals surface area contributed by atoms with E-state index in [1.807, 2.05) is 0 Å². The minimum absolute atomic E-state index is 0.382. The molecule has 0 aliphatic rings. The molecule has 0 fully saturated rings. The van der Waals surface area contributed by atoms with Crippen LogP contribution in [0, 0.1) is 0 Å². The number of aliphatic hydroxyl groups is 2. The van der Waals surface area contributed by atoms with Crippen LogP contribution in [0.5, 0.6) is 0 Å². The first-order valence-corrected chi connectivity index (χ1v) is 3.90. The lowest BCUT2D eigenvalue weighted by Gasteiger charge is -1.97. The van der Waals surface area contributed by atoms with Gasteiger partial charge in [0.05, 0.1) is 6.61 Å². The maximum Gasteiger partial charge on any atom is 0.295 e. The van der Waals surface area contributed by atoms with Gasteiger partial charge in [-0.2, -0.15) is 8.42 Å². The summed E-state index contributed by atoms with van der Waals surface area (Å²) in [4.78, 5) is 0. The molecular weight excluding hydrogens is 160 g/mol. The molecule has 0 saturated heterocycles. The molecule has 0 aromatic carbocycles. The van der Waals surface area contributed by atoms with Crippen LogP contribution >= 0.6 is 0 Å². The van der Waals surface area contributed by atoms with E-state index in [4.69, 9.17) is 14.8 Å². The maximum absolute atomic E-state index is 10.0. The van der Waals surface area contributed by atoms with E-state index in [0.29, 0.717) is 0 Å². The van der Waals surface area contributed by atoms with Gasteiger partial charge >= 0.3 is 0 Å². The van der Waals surface area contributed by atoms with E-state index in [0.717, 1.165) is 12.2 Å². The van der Waals surface area contributed by atoms with Gasteiger partial charge in [0.15, 0.2) is 5.44 Å². The van der Waals surface area contributed by atoms with Crippen LogP contribution in [0.3, 0.4) is 0 Å². The quantitative estimate of drug-likeness (QED) is 0.361. The molecule has 10 heavy (non-hydrogen) atoms. The minimum atomic E-state index is -4.42. The molecule has 0 aliphatic carbocycles. The lowest BCUT2D eigenvalue weighted by atomic mass is 10.5. The molecule has 60 valence electrons. The Labute approximate surface area is 58.4 Å². The molecular formula is C4H8O5S. The summed E-state index contributed by atoms with van der Waals surface area (Å²) >= 11 is 0. The third kappa shape index (κ3) is 3.57. The van der Waals surface area contributed by atoms with Crippen molar-refractivity contribution in [1.29, 1.82) is 0 Å². The molecule has 0 saturated carbocycles. The molecule has 0 heterocycles. The highest BCUT2D eigenvalue weighted by atomic mass is 32.2. The molecule has 1 atom stereocenters. The third-order valence-electron chi connectivity index (χ3n) is 0.711. The van der Waals surface area contributed by atoms with Crippen molar-refractivity contribution >= 4 is 10.1 Å². The molecule has 0 spiro atoms. The zero-order chi connectivity index (χ0) is 8.20. The fourth-order valence-corrected chi connectivity index (χ4v) is 0.586. The summed E-state index contributed by atoms with van der Waals surface area (Å²) in [6.07, 6.45) is 1.79. The fraction of sp³-hybridized carbons (Fsp3) is 0.500. The Kier molecular flexibility index (Phi) is 3.51. The lowest BCUT2D eigenvalue weighted by Crippen LogP contribution is -2.16. The Hall–Kier alpha value is -0.430. The number of hydrogen-bond donors (Lipinski definition) is 3. The monoisotopic (exact) mass is 168 g/mol. The van der Waals surface area contributed by atoms with Crippen molar-refractivity contribution < 1.29 is 23.2 Å². The molecule has 0 rings (SSSR count). The Balaban J connectivity index is 4.12. The average molecular weight is 168 g/mol. The van der Waals surface area contributed by atoms with Gasteiger partial charge in [-0.1, -0.05) is 6.08 Å². The number of aliphatic hydroxyl groups excluding tert-OH is 2. The number of rotatable bonds is 3. The zero-order valence-corrected chi connectivity index (χ0v) is 5.82. The summed E-state index contributed by atoms with van der Waals surface area (Å²) in [7, 11) is -4.42. The van der Waals surface area contributed by atoms with Gasteiger partial charge in [-0.3, -0.25) is 4.55 Å². The van der Waals surface area contributed by atoms with Gasteiger partial charge in [0.2, 0.25) is 0 Å². The van der Waals surface area contributed by atoms with Crippen LogP contribution < -0.4 is 0 Å². The van der Waals surface area contributed by atoms with Crippen LogP contribution in [0.25, 0.3) is 0 Å². The first-order chi connectivity index (χ1) is 4.48. The first-order valence-electron chi connectivity index (χ1n) is 2.40. The highest BCUT2D eigenvalue weighted by molar-refractivity contribution is 7.86. The standard InChI is InChI=1S/C4H8O5S/c5-3-1-2-4(6)10(7,8)9/h1-2,4-6H,3H2,(H,7,8,9). The van der Waals surface area contributed by atoms with E-state index in [1.54, 1.807) is 0 Å². The van der Waals surface area contributed by atoms with Gasteiger partial charge in [0.25, 0.3) is 10.1 Å². The summed E-state index contributed by atoms with van der Waals surface area (Å²) in [5.41, 5.74) is -1.94. The third-order valence-corrected chi connectivity index (χ3v) is 1.48. The fourth-order valence-electron chi connectivity index (χ4n) is 0.277. The SMILES string of the molecule is O=S(=O)(O)C(O)C=CCO. The summed E-state index contributed by atoms with van der Waals surface area (Å²) < 4.78 is 28.1. The Morgan fingerprint density at radius 2 is 2.00 bits per heavy atom. The topological polar surface area (TPSA) is 94.8 Å². The van der Waals surface area contributed by atoms with Crippen molar-refractivity contribution in [2.24, 2.45) is 0 Å². The van der Waals surface area contributed by atoms with Crippen LogP contribution in [0.2, 0.25) is 0 Å². The maximum atomic E-state index is 10.0. The summed E-state index contributed by atoms with van der Waals surface area (Å²) in [6.45, 7) is -0.382. The summed E-state index contributed by atoms with van der Waals surface area (Å²) in [5, 5.41) is 16.6. The van der Waals surface area contributed by atoms with E-state index in [9.17, 15) is 8.42 Å². The highest BCUT2D eigenvalue weighted by Gasteiger charge is 2.14. The van der Waals surface area contributed by atoms with Crippen molar-refractivity contribution in [3.05, 3.63) is 12.2 Å². The molecule has 1 unspecified atom stereocenters. The van der Waals surface area contributed by atoms with Gasteiger partial charge in [-0.15, -0.1) is 0 Å². The van der Waals surface area contributed by atoms with Gasteiger partial charge in [-0.05, 0) is 6.08 Å². The second-order valence-electron chi connectivity index (χ2n) is 1.52. The van der Waals surface area contributed by atoms with Gasteiger partial charge in [-0.25, -0.2) is 0 Å². The Morgan fingerprint density at radius 3 is 2.30 bits per heavy atom. The second-order valence-corrected chi connectivity index (χ2v) is 3.03. The zero-order valence-electron chi connectivity index (χ0n) is 5.01. The largest absolute Gasteiger partial charge is 0.392 e. The lowest BCUT2D eigenvalue weighted by molar-refractivity contribution is 0.273. The molecule has 3 N–H and O–H groups in total. The second kappa shape index (κ2) is 3.67. The number of hydrogen-bond acceptors (Lipinski definition) is 4. The summed E-state index contributed by atoms with van der Waals surface area (Å²) in [5.74, 6) is 0. The van der Waals surface area contributed by atoms with Gasteiger partial charge in [0.1, 0.15) is 0 Å². The molecule has 0 radical (unpaired) electrons. The predicted octanol–water partition coefficient (Wildman–Crippen LogP) is -1.26. The van der Waals surface area contributed by atoms with E-state index < -0.39 is 15.6 Å². The van der Waals surface area contributed by atoms with Crippen LogP contribution in [-0.2, 0) is 10.1 Å². The molecule has 6 heteroatoms. The van der Waals surface area contributed by atoms with Crippen molar-refractivity contribution in [1.82, 2.24) is 0 Å². The molecule has 0 aliphatic heterocycles. The van der Waals surface area contributed by atoms with E-state index in [1.165, 1.54) is 0 Å².